The molecule has 0 atom stereocenters. The number of phenols is 2. The lowest BCUT2D eigenvalue weighted by atomic mass is 10.0. The fourth-order valence-electron chi connectivity index (χ4n) is 3.78. The van der Waals surface area contributed by atoms with E-state index in [1.54, 1.807) is 24.3 Å². The van der Waals surface area contributed by atoms with Gasteiger partial charge in [0.2, 0.25) is 0 Å². The number of imidazole rings is 1. The van der Waals surface area contributed by atoms with Crippen LogP contribution in [0.15, 0.2) is 71.6 Å². The standard InChI is InChI=1S/C23H15ClN2O5S/c24-14-7-4-12(5-8-14)13-6-9-15(19(28)10-13)23-25-17-11-20(32(29,30)31)16-2-1-3-18(27)21(16)22(17)26-23/h1-11,27-28H,(H,25,26)(H,29,30,31). The number of H-pyrrole nitrogens is 1. The van der Waals surface area contributed by atoms with Gasteiger partial charge in [0.15, 0.2) is 0 Å². The molecule has 5 aromatic rings. The third-order valence-corrected chi connectivity index (χ3v) is 6.41. The molecule has 160 valence electrons. The van der Waals surface area contributed by atoms with Crippen molar-refractivity contribution in [3.05, 3.63) is 71.8 Å². The highest BCUT2D eigenvalue weighted by Gasteiger charge is 2.21. The lowest BCUT2D eigenvalue weighted by Gasteiger charge is -2.06. The van der Waals surface area contributed by atoms with Gasteiger partial charge in [0.1, 0.15) is 27.7 Å². The Morgan fingerprint density at radius 3 is 2.28 bits per heavy atom. The molecule has 1 aromatic heterocycles. The van der Waals surface area contributed by atoms with Gasteiger partial charge in [-0.1, -0.05) is 41.9 Å². The van der Waals surface area contributed by atoms with Crippen molar-refractivity contribution in [2.75, 3.05) is 0 Å². The fourth-order valence-corrected chi connectivity index (χ4v) is 4.62. The molecule has 1 heterocycles. The van der Waals surface area contributed by atoms with E-state index in [9.17, 15) is 23.2 Å². The van der Waals surface area contributed by atoms with Crippen LogP contribution in [-0.4, -0.2) is 33.2 Å². The van der Waals surface area contributed by atoms with Crippen molar-refractivity contribution in [3.8, 4) is 34.0 Å². The third-order valence-electron chi connectivity index (χ3n) is 5.26. The molecule has 5 rings (SSSR count). The quantitative estimate of drug-likeness (QED) is 0.265. The monoisotopic (exact) mass is 466 g/mol. The molecule has 4 aromatic carbocycles. The average Bonchev–Trinajstić information content (AvgIpc) is 3.16. The number of nitrogens with zero attached hydrogens (tertiary/aromatic N) is 1. The summed E-state index contributed by atoms with van der Waals surface area (Å²) >= 11 is 5.93. The van der Waals surface area contributed by atoms with Gasteiger partial charge in [-0.25, -0.2) is 4.98 Å². The summed E-state index contributed by atoms with van der Waals surface area (Å²) in [6.45, 7) is 0. The van der Waals surface area contributed by atoms with Crippen molar-refractivity contribution in [3.63, 3.8) is 0 Å². The highest BCUT2D eigenvalue weighted by atomic mass is 35.5. The van der Waals surface area contributed by atoms with Gasteiger partial charge < -0.3 is 15.2 Å². The van der Waals surface area contributed by atoms with Crippen LogP contribution in [0.1, 0.15) is 0 Å². The van der Waals surface area contributed by atoms with Gasteiger partial charge in [-0.05, 0) is 47.5 Å². The Labute approximate surface area is 187 Å². The molecule has 0 aliphatic rings. The molecule has 32 heavy (non-hydrogen) atoms. The van der Waals surface area contributed by atoms with Crippen LogP contribution in [-0.2, 0) is 10.1 Å². The molecule has 0 spiro atoms. The van der Waals surface area contributed by atoms with E-state index in [0.717, 1.165) is 11.1 Å². The van der Waals surface area contributed by atoms with Crippen LogP contribution in [0.25, 0.3) is 44.3 Å². The first-order valence-corrected chi connectivity index (χ1v) is 11.3. The van der Waals surface area contributed by atoms with Gasteiger partial charge in [-0.3, -0.25) is 4.55 Å². The Morgan fingerprint density at radius 1 is 0.875 bits per heavy atom. The van der Waals surface area contributed by atoms with E-state index in [2.05, 4.69) is 9.97 Å². The van der Waals surface area contributed by atoms with E-state index in [-0.39, 0.29) is 38.5 Å². The second-order valence-electron chi connectivity index (χ2n) is 7.27. The van der Waals surface area contributed by atoms with Crippen LogP contribution < -0.4 is 0 Å². The average molecular weight is 467 g/mol. The number of halogens is 1. The van der Waals surface area contributed by atoms with E-state index in [1.807, 2.05) is 18.2 Å². The third kappa shape index (κ3) is 3.34. The molecule has 4 N–H and O–H groups in total. The molecule has 9 heteroatoms. The van der Waals surface area contributed by atoms with Gasteiger partial charge in [0.25, 0.3) is 10.1 Å². The topological polar surface area (TPSA) is 124 Å². The van der Waals surface area contributed by atoms with Gasteiger partial charge >= 0.3 is 0 Å². The predicted octanol–water partition coefficient (Wildman–Crippen LogP) is 5.36. The number of phenolic OH excluding ortho intramolecular Hbond substituents is 2. The Hall–Kier alpha value is -3.59. The zero-order valence-corrected chi connectivity index (χ0v) is 17.8. The summed E-state index contributed by atoms with van der Waals surface area (Å²) in [4.78, 5) is 7.12. The summed E-state index contributed by atoms with van der Waals surface area (Å²) in [7, 11) is -4.56. The highest BCUT2D eigenvalue weighted by Crippen LogP contribution is 2.38. The summed E-state index contributed by atoms with van der Waals surface area (Å²) in [5.41, 5.74) is 2.62. The normalized spacial score (nSPS) is 11.9. The van der Waals surface area contributed by atoms with E-state index in [0.29, 0.717) is 16.1 Å². The van der Waals surface area contributed by atoms with Gasteiger partial charge in [0, 0.05) is 10.4 Å². The van der Waals surface area contributed by atoms with Crippen LogP contribution in [0.2, 0.25) is 5.02 Å². The second-order valence-corrected chi connectivity index (χ2v) is 9.10. The van der Waals surface area contributed by atoms with E-state index in [4.69, 9.17) is 11.6 Å². The highest BCUT2D eigenvalue weighted by molar-refractivity contribution is 7.86. The zero-order valence-electron chi connectivity index (χ0n) is 16.2. The molecule has 0 saturated carbocycles. The molecular weight excluding hydrogens is 452 g/mol. The van der Waals surface area contributed by atoms with Gasteiger partial charge in [-0.2, -0.15) is 8.42 Å². The maximum Gasteiger partial charge on any atom is 0.295 e. The molecule has 0 unspecified atom stereocenters. The number of aromatic nitrogens is 2. The van der Waals surface area contributed by atoms with Crippen LogP contribution in [0.3, 0.4) is 0 Å². The SMILES string of the molecule is O=S(=O)(O)c1cc2[nH]c(-c3ccc(-c4ccc(Cl)cc4)cc3O)nc2c2c(O)cccc12. The van der Waals surface area contributed by atoms with E-state index >= 15 is 0 Å². The Bertz CT molecular complexity index is 1630. The maximum absolute atomic E-state index is 11.9. The number of fused-ring (bicyclic) bond motifs is 3. The molecule has 0 aliphatic carbocycles. The lowest BCUT2D eigenvalue weighted by molar-refractivity contribution is 0.477. The Balaban J connectivity index is 1.71. The minimum atomic E-state index is -4.56. The number of hydrogen-bond acceptors (Lipinski definition) is 5. The number of aromatic amines is 1. The molecule has 0 fully saturated rings. The lowest BCUT2D eigenvalue weighted by Crippen LogP contribution is -1.99. The van der Waals surface area contributed by atoms with Crippen molar-refractivity contribution in [1.29, 1.82) is 0 Å². The van der Waals surface area contributed by atoms with Crippen molar-refractivity contribution >= 4 is 43.5 Å². The van der Waals surface area contributed by atoms with Gasteiger partial charge in [-0.15, -0.1) is 0 Å². The molecule has 0 radical (unpaired) electrons. The van der Waals surface area contributed by atoms with E-state index < -0.39 is 10.1 Å². The molecule has 0 bridgehead atoms. The van der Waals surface area contributed by atoms with E-state index in [1.165, 1.54) is 24.3 Å². The summed E-state index contributed by atoms with van der Waals surface area (Å²) < 4.78 is 33.5. The molecule has 0 aliphatic heterocycles. The minimum absolute atomic E-state index is 0.0416. The minimum Gasteiger partial charge on any atom is -0.507 e. The van der Waals surface area contributed by atoms with Crippen molar-refractivity contribution in [2.45, 2.75) is 4.90 Å². The van der Waals surface area contributed by atoms with Crippen LogP contribution in [0.4, 0.5) is 0 Å². The zero-order chi connectivity index (χ0) is 22.6. The van der Waals surface area contributed by atoms with Crippen molar-refractivity contribution in [2.24, 2.45) is 0 Å². The fraction of sp³-hybridized carbons (Fsp3) is 0. The Morgan fingerprint density at radius 2 is 1.59 bits per heavy atom. The summed E-state index contributed by atoms with van der Waals surface area (Å²) in [6, 6.07) is 17.9. The first-order chi connectivity index (χ1) is 15.2. The second kappa shape index (κ2) is 7.23. The first-order valence-electron chi connectivity index (χ1n) is 9.43. The first kappa shape index (κ1) is 20.3. The summed E-state index contributed by atoms with van der Waals surface area (Å²) in [5, 5.41) is 22.0. The number of aromatic hydroxyl groups is 2. The van der Waals surface area contributed by atoms with Crippen molar-refractivity contribution in [1.82, 2.24) is 9.97 Å². The summed E-state index contributed by atoms with van der Waals surface area (Å²) in [6.07, 6.45) is 0. The Kier molecular flexibility index (Phi) is 4.59. The summed E-state index contributed by atoms with van der Waals surface area (Å²) in [5.74, 6) is 0.0515. The molecule has 0 saturated heterocycles. The predicted molar refractivity (Wildman–Crippen MR) is 123 cm³/mol. The number of benzene rings is 4. The van der Waals surface area contributed by atoms with Crippen LogP contribution >= 0.6 is 11.6 Å². The number of rotatable bonds is 3. The van der Waals surface area contributed by atoms with Gasteiger partial charge in [0.05, 0.1) is 16.5 Å². The van der Waals surface area contributed by atoms with Crippen LogP contribution in [0.5, 0.6) is 11.5 Å². The van der Waals surface area contributed by atoms with Crippen molar-refractivity contribution < 1.29 is 23.2 Å². The molecule has 0 amide bonds. The largest absolute Gasteiger partial charge is 0.507 e. The number of hydrogen-bond donors (Lipinski definition) is 4. The molecule has 7 nitrogen and oxygen atoms in total. The molecular formula is C23H15ClN2O5S. The number of nitrogens with one attached hydrogen (secondary N) is 1. The smallest absolute Gasteiger partial charge is 0.295 e. The maximum atomic E-state index is 11.9. The van der Waals surface area contributed by atoms with Crippen LogP contribution in [0, 0.1) is 0 Å².